The molecule has 0 atom stereocenters. The largest absolute Gasteiger partial charge is 0.369 e. The summed E-state index contributed by atoms with van der Waals surface area (Å²) in [6.45, 7) is 3.31. The summed E-state index contributed by atoms with van der Waals surface area (Å²) in [5, 5.41) is 4.14. The van der Waals surface area contributed by atoms with Crippen molar-refractivity contribution in [2.75, 3.05) is 18.0 Å². The van der Waals surface area contributed by atoms with E-state index < -0.39 is 0 Å². The van der Waals surface area contributed by atoms with Gasteiger partial charge in [-0.15, -0.1) is 0 Å². The van der Waals surface area contributed by atoms with E-state index >= 15 is 0 Å². The van der Waals surface area contributed by atoms with Gasteiger partial charge in [0.2, 0.25) is 0 Å². The highest BCUT2D eigenvalue weighted by atomic mass is 35.5. The van der Waals surface area contributed by atoms with Crippen LogP contribution in [0.1, 0.15) is 24.0 Å². The Labute approximate surface area is 135 Å². The maximum atomic E-state index is 14.0. The van der Waals surface area contributed by atoms with E-state index in [0.717, 1.165) is 47.8 Å². The Hall–Kier alpha value is -1.58. The van der Waals surface area contributed by atoms with Gasteiger partial charge in [-0.3, -0.25) is 0 Å². The van der Waals surface area contributed by atoms with Crippen LogP contribution in [0.2, 0.25) is 5.02 Å². The first-order chi connectivity index (χ1) is 10.7. The molecule has 2 nitrogen and oxygen atoms in total. The highest BCUT2D eigenvalue weighted by Gasteiger charge is 2.16. The summed E-state index contributed by atoms with van der Waals surface area (Å²) in [5.74, 6) is -0.128. The number of anilines is 1. The van der Waals surface area contributed by atoms with Crippen molar-refractivity contribution < 1.29 is 4.39 Å². The lowest BCUT2D eigenvalue weighted by molar-refractivity contribution is 0.620. The third kappa shape index (κ3) is 3.60. The van der Waals surface area contributed by atoms with Crippen molar-refractivity contribution in [2.24, 2.45) is 0 Å². The Morgan fingerprint density at radius 3 is 2.59 bits per heavy atom. The summed E-state index contributed by atoms with van der Waals surface area (Å²) >= 11 is 6.14. The molecule has 1 N–H and O–H groups in total. The first-order valence-electron chi connectivity index (χ1n) is 7.71. The lowest BCUT2D eigenvalue weighted by Gasteiger charge is -2.19. The molecule has 0 radical (unpaired) electrons. The minimum atomic E-state index is -0.128. The maximum Gasteiger partial charge on any atom is 0.146 e. The van der Waals surface area contributed by atoms with Gasteiger partial charge in [0, 0.05) is 31.2 Å². The smallest absolute Gasteiger partial charge is 0.146 e. The van der Waals surface area contributed by atoms with Gasteiger partial charge in [0.25, 0.3) is 0 Å². The monoisotopic (exact) mass is 318 g/mol. The molecule has 0 saturated carbocycles. The molecular formula is C18H20ClFN2. The van der Waals surface area contributed by atoms with Gasteiger partial charge in [0.1, 0.15) is 5.82 Å². The van der Waals surface area contributed by atoms with E-state index in [-0.39, 0.29) is 5.82 Å². The van der Waals surface area contributed by atoms with Crippen LogP contribution in [0.5, 0.6) is 0 Å². The molecule has 2 aromatic rings. The van der Waals surface area contributed by atoms with Crippen LogP contribution in [-0.2, 0) is 13.1 Å². The predicted molar refractivity (Wildman–Crippen MR) is 89.8 cm³/mol. The van der Waals surface area contributed by atoms with E-state index in [2.05, 4.69) is 10.2 Å². The van der Waals surface area contributed by atoms with Crippen LogP contribution in [0, 0.1) is 5.82 Å². The first kappa shape index (κ1) is 15.3. The Morgan fingerprint density at radius 1 is 1.05 bits per heavy atom. The Kier molecular flexibility index (Phi) is 4.96. The Balaban J connectivity index is 1.63. The Bertz CT molecular complexity index is 639. The molecule has 1 heterocycles. The fourth-order valence-corrected chi connectivity index (χ4v) is 3.05. The number of benzene rings is 2. The summed E-state index contributed by atoms with van der Waals surface area (Å²) in [5.41, 5.74) is 2.90. The van der Waals surface area contributed by atoms with Crippen LogP contribution in [0.3, 0.4) is 0 Å². The second kappa shape index (κ2) is 7.12. The number of nitrogens with zero attached hydrogens (tertiary/aromatic N) is 1. The van der Waals surface area contributed by atoms with Crippen LogP contribution in [0.4, 0.5) is 10.1 Å². The topological polar surface area (TPSA) is 15.3 Å². The summed E-state index contributed by atoms with van der Waals surface area (Å²) in [6, 6.07) is 13.2. The lowest BCUT2D eigenvalue weighted by atomic mass is 10.1. The van der Waals surface area contributed by atoms with Crippen molar-refractivity contribution >= 4 is 17.3 Å². The highest BCUT2D eigenvalue weighted by Crippen LogP contribution is 2.25. The van der Waals surface area contributed by atoms with Crippen molar-refractivity contribution in [1.82, 2.24) is 5.32 Å². The van der Waals surface area contributed by atoms with E-state index in [0.29, 0.717) is 13.1 Å². The molecule has 0 amide bonds. The van der Waals surface area contributed by atoms with Crippen molar-refractivity contribution in [3.05, 3.63) is 64.4 Å². The van der Waals surface area contributed by atoms with Gasteiger partial charge in [-0.05, 0) is 42.2 Å². The molecule has 22 heavy (non-hydrogen) atoms. The highest BCUT2D eigenvalue weighted by molar-refractivity contribution is 6.31. The SMILES string of the molecule is Fc1ccc(CNCc2ccccc2Cl)cc1N1CCCC1. The molecule has 0 unspecified atom stereocenters. The summed E-state index contributed by atoms with van der Waals surface area (Å²) in [6.07, 6.45) is 2.29. The molecule has 1 fully saturated rings. The second-order valence-corrected chi connectivity index (χ2v) is 6.08. The molecule has 116 valence electrons. The van der Waals surface area contributed by atoms with Crippen LogP contribution in [0.25, 0.3) is 0 Å². The second-order valence-electron chi connectivity index (χ2n) is 5.67. The normalized spacial score (nSPS) is 14.5. The molecular weight excluding hydrogens is 299 g/mol. The molecule has 1 aliphatic heterocycles. The van der Waals surface area contributed by atoms with Crippen molar-refractivity contribution in [2.45, 2.75) is 25.9 Å². The zero-order valence-electron chi connectivity index (χ0n) is 12.5. The lowest BCUT2D eigenvalue weighted by Crippen LogP contribution is -2.20. The molecule has 2 aromatic carbocycles. The van der Waals surface area contributed by atoms with E-state index in [1.807, 2.05) is 36.4 Å². The zero-order valence-corrected chi connectivity index (χ0v) is 13.2. The average molecular weight is 319 g/mol. The van der Waals surface area contributed by atoms with Crippen LogP contribution in [0.15, 0.2) is 42.5 Å². The molecule has 1 aliphatic rings. The van der Waals surface area contributed by atoms with Gasteiger partial charge >= 0.3 is 0 Å². The number of hydrogen-bond donors (Lipinski definition) is 1. The van der Waals surface area contributed by atoms with Gasteiger partial charge < -0.3 is 10.2 Å². The van der Waals surface area contributed by atoms with Crippen LogP contribution >= 0.6 is 11.6 Å². The number of rotatable bonds is 5. The van der Waals surface area contributed by atoms with Crippen LogP contribution < -0.4 is 10.2 Å². The minimum Gasteiger partial charge on any atom is -0.369 e. The zero-order chi connectivity index (χ0) is 15.4. The van der Waals surface area contributed by atoms with E-state index in [1.54, 1.807) is 6.07 Å². The quantitative estimate of drug-likeness (QED) is 0.880. The third-order valence-corrected chi connectivity index (χ3v) is 4.43. The van der Waals surface area contributed by atoms with Crippen molar-refractivity contribution in [1.29, 1.82) is 0 Å². The van der Waals surface area contributed by atoms with E-state index in [9.17, 15) is 4.39 Å². The molecule has 0 spiro atoms. The summed E-state index contributed by atoms with van der Waals surface area (Å²) < 4.78 is 14.0. The average Bonchev–Trinajstić information content (AvgIpc) is 3.05. The molecule has 3 rings (SSSR count). The van der Waals surface area contributed by atoms with Crippen LogP contribution in [-0.4, -0.2) is 13.1 Å². The maximum absolute atomic E-state index is 14.0. The Morgan fingerprint density at radius 2 is 1.82 bits per heavy atom. The summed E-state index contributed by atoms with van der Waals surface area (Å²) in [7, 11) is 0. The van der Waals surface area contributed by atoms with Crippen molar-refractivity contribution in [3.8, 4) is 0 Å². The standard InChI is InChI=1S/C18H20ClFN2/c19-16-6-2-1-5-15(16)13-21-12-14-7-8-17(20)18(11-14)22-9-3-4-10-22/h1-2,5-8,11,21H,3-4,9-10,12-13H2. The minimum absolute atomic E-state index is 0.128. The van der Waals surface area contributed by atoms with E-state index in [1.165, 1.54) is 0 Å². The van der Waals surface area contributed by atoms with E-state index in [4.69, 9.17) is 11.6 Å². The fourth-order valence-electron chi connectivity index (χ4n) is 2.85. The van der Waals surface area contributed by atoms with Gasteiger partial charge in [-0.25, -0.2) is 4.39 Å². The van der Waals surface area contributed by atoms with Gasteiger partial charge in [0.05, 0.1) is 5.69 Å². The molecule has 0 aromatic heterocycles. The number of nitrogens with one attached hydrogen (secondary N) is 1. The summed E-state index contributed by atoms with van der Waals surface area (Å²) in [4.78, 5) is 2.13. The first-order valence-corrected chi connectivity index (χ1v) is 8.09. The van der Waals surface area contributed by atoms with Gasteiger partial charge in [0.15, 0.2) is 0 Å². The molecule has 0 bridgehead atoms. The molecule has 0 aliphatic carbocycles. The van der Waals surface area contributed by atoms with Gasteiger partial charge in [-0.2, -0.15) is 0 Å². The molecule has 4 heteroatoms. The number of halogens is 2. The predicted octanol–water partition coefficient (Wildman–Crippen LogP) is 4.37. The number of hydrogen-bond acceptors (Lipinski definition) is 2. The van der Waals surface area contributed by atoms with Gasteiger partial charge in [-0.1, -0.05) is 35.9 Å². The molecule has 1 saturated heterocycles. The fraction of sp³-hybridized carbons (Fsp3) is 0.333. The van der Waals surface area contributed by atoms with Crippen molar-refractivity contribution in [3.63, 3.8) is 0 Å². The third-order valence-electron chi connectivity index (χ3n) is 4.06.